The van der Waals surface area contributed by atoms with Gasteiger partial charge in [0.15, 0.2) is 0 Å². The molecule has 6 nitrogen and oxygen atoms in total. The van der Waals surface area contributed by atoms with Crippen LogP contribution in [0.4, 0.5) is 5.69 Å². The molecule has 0 saturated carbocycles. The summed E-state index contributed by atoms with van der Waals surface area (Å²) in [6.45, 7) is 1.93. The molecule has 0 unspecified atom stereocenters. The third-order valence-electron chi connectivity index (χ3n) is 3.30. The van der Waals surface area contributed by atoms with Gasteiger partial charge in [0.05, 0.1) is 23.3 Å². The van der Waals surface area contributed by atoms with Gasteiger partial charge < -0.3 is 4.98 Å². The second-order valence-electron chi connectivity index (χ2n) is 4.92. The molecular formula is C17H15N5O. The number of rotatable bonds is 4. The Bertz CT molecular complexity index is 849. The Morgan fingerprint density at radius 1 is 1.13 bits per heavy atom. The third-order valence-corrected chi connectivity index (χ3v) is 3.30. The molecule has 2 aromatic heterocycles. The minimum absolute atomic E-state index is 0.215. The summed E-state index contributed by atoms with van der Waals surface area (Å²) >= 11 is 0. The number of H-pyrrole nitrogens is 1. The first-order valence-corrected chi connectivity index (χ1v) is 7.08. The van der Waals surface area contributed by atoms with E-state index in [0.29, 0.717) is 5.69 Å². The summed E-state index contributed by atoms with van der Waals surface area (Å²) < 4.78 is 0. The second kappa shape index (κ2) is 6.65. The molecule has 2 N–H and O–H groups in total. The van der Waals surface area contributed by atoms with Crippen molar-refractivity contribution in [3.8, 4) is 11.3 Å². The molecular weight excluding hydrogens is 290 g/mol. The summed E-state index contributed by atoms with van der Waals surface area (Å²) in [4.78, 5) is 21.7. The first kappa shape index (κ1) is 14.6. The molecule has 114 valence electrons. The molecule has 0 atom stereocenters. The predicted molar refractivity (Wildman–Crippen MR) is 90.4 cm³/mol. The molecule has 0 aliphatic rings. The van der Waals surface area contributed by atoms with Crippen molar-refractivity contribution >= 4 is 11.4 Å². The van der Waals surface area contributed by atoms with Crippen LogP contribution in [0, 0.1) is 0 Å². The van der Waals surface area contributed by atoms with Gasteiger partial charge in [-0.15, -0.1) is 0 Å². The molecule has 6 heteroatoms. The van der Waals surface area contributed by atoms with Crippen molar-refractivity contribution in [1.29, 1.82) is 0 Å². The molecule has 3 rings (SSSR count). The fraction of sp³-hybridized carbons (Fsp3) is 0.0588. The van der Waals surface area contributed by atoms with Gasteiger partial charge in [0.25, 0.3) is 5.56 Å². The van der Waals surface area contributed by atoms with Gasteiger partial charge in [0.2, 0.25) is 0 Å². The van der Waals surface area contributed by atoms with Gasteiger partial charge in [-0.1, -0.05) is 12.1 Å². The molecule has 0 spiro atoms. The smallest absolute Gasteiger partial charge is 0.266 e. The lowest BCUT2D eigenvalue weighted by molar-refractivity contribution is 1.14. The summed E-state index contributed by atoms with van der Waals surface area (Å²) in [7, 11) is 0. The number of aromatic amines is 1. The van der Waals surface area contributed by atoms with E-state index >= 15 is 0 Å². The van der Waals surface area contributed by atoms with Gasteiger partial charge in [0, 0.05) is 29.7 Å². The average Bonchev–Trinajstić information content (AvgIpc) is 2.61. The molecule has 0 amide bonds. The SMILES string of the molecule is CC(=NNc1ccc(-c2c[nH]c(=O)cn2)cc1)c1ccncc1. The molecule has 23 heavy (non-hydrogen) atoms. The Kier molecular flexibility index (Phi) is 4.24. The lowest BCUT2D eigenvalue weighted by atomic mass is 10.1. The molecule has 0 aliphatic carbocycles. The van der Waals surface area contributed by atoms with Crippen molar-refractivity contribution in [2.75, 3.05) is 5.43 Å². The van der Waals surface area contributed by atoms with E-state index in [9.17, 15) is 4.79 Å². The summed E-state index contributed by atoms with van der Waals surface area (Å²) in [6.07, 6.45) is 6.33. The number of aromatic nitrogens is 3. The Labute approximate surface area is 133 Å². The van der Waals surface area contributed by atoms with Gasteiger partial charge in [-0.2, -0.15) is 5.10 Å². The highest BCUT2D eigenvalue weighted by Crippen LogP contribution is 2.18. The van der Waals surface area contributed by atoms with E-state index in [4.69, 9.17) is 0 Å². The maximum atomic E-state index is 11.0. The van der Waals surface area contributed by atoms with Crippen molar-refractivity contribution in [2.24, 2.45) is 5.10 Å². The van der Waals surface area contributed by atoms with Crippen LogP contribution in [0.15, 0.2) is 71.1 Å². The first-order valence-electron chi connectivity index (χ1n) is 7.08. The van der Waals surface area contributed by atoms with Crippen LogP contribution in [0.1, 0.15) is 12.5 Å². The maximum Gasteiger partial charge on any atom is 0.266 e. The lowest BCUT2D eigenvalue weighted by Gasteiger charge is -2.05. The van der Waals surface area contributed by atoms with Gasteiger partial charge in [-0.3, -0.25) is 15.2 Å². The Hall–Kier alpha value is -3.28. The van der Waals surface area contributed by atoms with E-state index in [2.05, 4.69) is 25.5 Å². The standard InChI is InChI=1S/C17H15N5O/c1-12(13-6-8-18-9-7-13)21-22-15-4-2-14(3-5-15)16-10-20-17(23)11-19-16/h2-11,22H,1H3,(H,20,23). The predicted octanol–water partition coefficient (Wildman–Crippen LogP) is 2.67. The van der Waals surface area contributed by atoms with Crippen molar-refractivity contribution in [3.05, 3.63) is 77.1 Å². The molecule has 0 saturated heterocycles. The van der Waals surface area contributed by atoms with E-state index < -0.39 is 0 Å². The topological polar surface area (TPSA) is 83.0 Å². The maximum absolute atomic E-state index is 11.0. The van der Waals surface area contributed by atoms with Crippen LogP contribution in [0.3, 0.4) is 0 Å². The lowest BCUT2D eigenvalue weighted by Crippen LogP contribution is -2.04. The zero-order chi connectivity index (χ0) is 16.1. The average molecular weight is 305 g/mol. The first-order chi connectivity index (χ1) is 11.2. The van der Waals surface area contributed by atoms with Crippen LogP contribution in [-0.4, -0.2) is 20.7 Å². The monoisotopic (exact) mass is 305 g/mol. The number of hydrazone groups is 1. The highest BCUT2D eigenvalue weighted by atomic mass is 16.1. The van der Waals surface area contributed by atoms with Crippen molar-refractivity contribution in [2.45, 2.75) is 6.92 Å². The Balaban J connectivity index is 1.73. The summed E-state index contributed by atoms with van der Waals surface area (Å²) in [5.74, 6) is 0. The van der Waals surface area contributed by atoms with Gasteiger partial charge in [-0.05, 0) is 31.2 Å². The quantitative estimate of drug-likeness (QED) is 0.573. The molecule has 3 aromatic rings. The van der Waals surface area contributed by atoms with Gasteiger partial charge in [-0.25, -0.2) is 4.98 Å². The number of hydrogen-bond acceptors (Lipinski definition) is 5. The van der Waals surface area contributed by atoms with Crippen LogP contribution in [0.25, 0.3) is 11.3 Å². The molecule has 1 aromatic carbocycles. The number of hydrogen-bond donors (Lipinski definition) is 2. The molecule has 0 fully saturated rings. The molecule has 2 heterocycles. The van der Waals surface area contributed by atoms with E-state index in [0.717, 1.165) is 22.5 Å². The molecule has 0 radical (unpaired) electrons. The Morgan fingerprint density at radius 3 is 2.52 bits per heavy atom. The van der Waals surface area contributed by atoms with Crippen LogP contribution < -0.4 is 11.0 Å². The zero-order valence-corrected chi connectivity index (χ0v) is 12.5. The Morgan fingerprint density at radius 2 is 1.87 bits per heavy atom. The fourth-order valence-corrected chi connectivity index (χ4v) is 2.02. The second-order valence-corrected chi connectivity index (χ2v) is 4.92. The van der Waals surface area contributed by atoms with Crippen molar-refractivity contribution in [3.63, 3.8) is 0 Å². The molecule has 0 aliphatic heterocycles. The minimum Gasteiger partial charge on any atom is -0.326 e. The number of nitrogens with zero attached hydrogens (tertiary/aromatic N) is 3. The normalized spacial score (nSPS) is 11.3. The summed E-state index contributed by atoms with van der Waals surface area (Å²) in [6, 6.07) is 11.5. The number of anilines is 1. The number of nitrogens with one attached hydrogen (secondary N) is 2. The minimum atomic E-state index is -0.215. The summed E-state index contributed by atoms with van der Waals surface area (Å²) in [5.41, 5.74) is 7.20. The zero-order valence-electron chi connectivity index (χ0n) is 12.5. The van der Waals surface area contributed by atoms with E-state index in [1.807, 2.05) is 43.3 Å². The third kappa shape index (κ3) is 3.68. The van der Waals surface area contributed by atoms with E-state index in [1.54, 1.807) is 18.6 Å². The summed E-state index contributed by atoms with van der Waals surface area (Å²) in [5, 5.41) is 4.35. The van der Waals surface area contributed by atoms with Crippen LogP contribution in [0.2, 0.25) is 0 Å². The van der Waals surface area contributed by atoms with Crippen LogP contribution in [0.5, 0.6) is 0 Å². The van der Waals surface area contributed by atoms with Gasteiger partial charge in [0.1, 0.15) is 0 Å². The van der Waals surface area contributed by atoms with E-state index in [-0.39, 0.29) is 5.56 Å². The highest BCUT2D eigenvalue weighted by Gasteiger charge is 2.00. The van der Waals surface area contributed by atoms with Gasteiger partial charge >= 0.3 is 0 Å². The number of pyridine rings is 1. The van der Waals surface area contributed by atoms with Crippen molar-refractivity contribution in [1.82, 2.24) is 15.0 Å². The number of benzene rings is 1. The largest absolute Gasteiger partial charge is 0.326 e. The fourth-order valence-electron chi connectivity index (χ4n) is 2.02. The van der Waals surface area contributed by atoms with E-state index in [1.165, 1.54) is 6.20 Å². The van der Waals surface area contributed by atoms with Crippen LogP contribution in [-0.2, 0) is 0 Å². The molecule has 0 bridgehead atoms. The highest BCUT2D eigenvalue weighted by molar-refractivity contribution is 5.98. The van der Waals surface area contributed by atoms with Crippen molar-refractivity contribution < 1.29 is 0 Å². The van der Waals surface area contributed by atoms with Crippen LogP contribution >= 0.6 is 0 Å².